The Labute approximate surface area is 392 Å². The van der Waals surface area contributed by atoms with Gasteiger partial charge in [0.2, 0.25) is 11.8 Å². The molecule has 0 saturated carbocycles. The first-order valence-electron chi connectivity index (χ1n) is 21.2. The van der Waals surface area contributed by atoms with Crippen LogP contribution in [0.2, 0.25) is 10.0 Å². The minimum absolute atomic E-state index is 0.0192. The molecule has 5 heterocycles. The fourth-order valence-corrected chi connectivity index (χ4v) is 7.74. The van der Waals surface area contributed by atoms with Crippen LogP contribution in [0.3, 0.4) is 0 Å². The molecular weight excluding hydrogens is 915 g/mol. The molecule has 6 aromatic rings. The molecular formula is C46H45Cl2F2N9O8. The van der Waals surface area contributed by atoms with Crippen LogP contribution in [0.15, 0.2) is 85.5 Å². The van der Waals surface area contributed by atoms with Crippen LogP contribution in [0.5, 0.6) is 11.5 Å². The Bertz CT molecular complexity index is 2830. The summed E-state index contributed by atoms with van der Waals surface area (Å²) in [5.74, 6) is 0.0931. The number of aliphatic hydroxyl groups is 1. The Kier molecular flexibility index (Phi) is 14.6. The highest BCUT2D eigenvalue weighted by atomic mass is 35.5. The number of aliphatic hydroxyl groups excluding tert-OH is 1. The van der Waals surface area contributed by atoms with E-state index in [2.05, 4.69) is 35.9 Å². The van der Waals surface area contributed by atoms with Gasteiger partial charge >= 0.3 is 0 Å². The number of ether oxygens (including phenoxy) is 4. The highest BCUT2D eigenvalue weighted by Gasteiger charge is 2.34. The van der Waals surface area contributed by atoms with E-state index in [1.807, 2.05) is 0 Å². The Morgan fingerprint density at radius 2 is 1.39 bits per heavy atom. The predicted molar refractivity (Wildman–Crippen MR) is 249 cm³/mol. The van der Waals surface area contributed by atoms with Gasteiger partial charge in [0, 0.05) is 66.0 Å². The smallest absolute Gasteiger partial charge is 0.248 e. The quantitative estimate of drug-likeness (QED) is 0.0490. The molecule has 0 aliphatic carbocycles. The normalized spacial score (nSPS) is 18.4. The highest BCUT2D eigenvalue weighted by Crippen LogP contribution is 2.40. The van der Waals surface area contributed by atoms with Crippen LogP contribution in [-0.4, -0.2) is 107 Å². The van der Waals surface area contributed by atoms with Crippen molar-refractivity contribution in [2.24, 2.45) is 0 Å². The summed E-state index contributed by atoms with van der Waals surface area (Å²) >= 11 is 11.8. The standard InChI is InChI=1S/C24H25ClFN5O4.C22H20ClFN4O4/c1-31(2,33)8-3-4-23(32)30-21-11-17-20(12-22(21)35-16-7-9-34-13-16)27-14-28-24(17)29-15-5-6-19(26)18(25)10-15;23-15-7-12(1-2-16(15)24)27-22-14-8-18(28-20(29)3-4-21(28)30)19(9-17(14)25-11-26-22)32-13-5-6-31-10-13/h3-6,10-12,14,16H,7-9,13H2,1-2H3,(H,30,32)(H,27,28,29);1-2,7-9,11,13,20,29H,3-6,10H2,(H,25,26,27)/b4-3+;. The molecule has 350 valence electrons. The number of nitrogens with one attached hydrogen (secondary N) is 3. The summed E-state index contributed by atoms with van der Waals surface area (Å²) in [6.07, 6.45) is 6.41. The van der Waals surface area contributed by atoms with Gasteiger partial charge in [-0.1, -0.05) is 23.2 Å². The molecule has 0 bridgehead atoms. The molecule has 21 heteroatoms. The number of amides is 2. The maximum Gasteiger partial charge on any atom is 0.248 e. The molecule has 4 N–H and O–H groups in total. The predicted octanol–water partition coefficient (Wildman–Crippen LogP) is 8.18. The van der Waals surface area contributed by atoms with Crippen molar-refractivity contribution in [3.8, 4) is 11.5 Å². The van der Waals surface area contributed by atoms with Crippen molar-refractivity contribution in [3.05, 3.63) is 112 Å². The monoisotopic (exact) mass is 959 g/mol. The number of anilines is 6. The summed E-state index contributed by atoms with van der Waals surface area (Å²) in [4.78, 5) is 43.8. The van der Waals surface area contributed by atoms with Crippen molar-refractivity contribution in [3.63, 3.8) is 0 Å². The van der Waals surface area contributed by atoms with E-state index in [0.29, 0.717) is 101 Å². The SMILES string of the molecule is C[N+](C)([O-])C/C=C/C(=O)Nc1cc2c(Nc3ccc(F)c(Cl)c3)ncnc2cc1OC1CCOC1.O=C1CCC(O)N1c1cc2c(Nc3ccc(F)c(Cl)c3)ncnc2cc1OC1CCOC1. The lowest BCUT2D eigenvalue weighted by Gasteiger charge is -2.32. The van der Waals surface area contributed by atoms with Gasteiger partial charge in [0.05, 0.1) is 79.5 Å². The zero-order chi connectivity index (χ0) is 47.2. The first-order chi connectivity index (χ1) is 32.2. The van der Waals surface area contributed by atoms with E-state index in [0.717, 1.165) is 12.8 Å². The molecule has 3 atom stereocenters. The number of aromatic nitrogens is 4. The maximum atomic E-state index is 13.6. The molecule has 0 spiro atoms. The third kappa shape index (κ3) is 11.8. The van der Waals surface area contributed by atoms with Crippen molar-refractivity contribution in [2.75, 3.05) is 67.9 Å². The van der Waals surface area contributed by atoms with Crippen LogP contribution in [0.25, 0.3) is 21.8 Å². The number of quaternary nitrogens is 1. The van der Waals surface area contributed by atoms with Gasteiger partial charge in [-0.3, -0.25) is 14.5 Å². The number of hydroxylamine groups is 3. The number of halogens is 4. The second-order valence-electron chi connectivity index (χ2n) is 16.3. The van der Waals surface area contributed by atoms with Crippen molar-refractivity contribution >= 4 is 91.2 Å². The van der Waals surface area contributed by atoms with Crippen molar-refractivity contribution in [2.45, 2.75) is 44.1 Å². The lowest BCUT2D eigenvalue weighted by molar-refractivity contribution is -0.833. The first kappa shape index (κ1) is 47.2. The average Bonchev–Trinajstić information content (AvgIpc) is 4.07. The molecule has 0 radical (unpaired) electrons. The van der Waals surface area contributed by atoms with E-state index in [1.54, 1.807) is 30.3 Å². The Morgan fingerprint density at radius 3 is 1.90 bits per heavy atom. The summed E-state index contributed by atoms with van der Waals surface area (Å²) < 4.78 is 49.6. The number of fused-ring (bicyclic) bond motifs is 2. The van der Waals surface area contributed by atoms with Crippen molar-refractivity contribution in [1.82, 2.24) is 19.9 Å². The maximum absolute atomic E-state index is 13.6. The van der Waals surface area contributed by atoms with Crippen molar-refractivity contribution in [1.29, 1.82) is 0 Å². The number of nitrogens with zero attached hydrogens (tertiary/aromatic N) is 6. The molecule has 3 aliphatic heterocycles. The topological polar surface area (TPSA) is 205 Å². The molecule has 3 unspecified atom stereocenters. The highest BCUT2D eigenvalue weighted by molar-refractivity contribution is 6.31. The Hall–Kier alpha value is -6.32. The van der Waals surface area contributed by atoms with Gasteiger partial charge in [-0.2, -0.15) is 0 Å². The van der Waals surface area contributed by atoms with E-state index in [4.69, 9.17) is 42.1 Å². The van der Waals surface area contributed by atoms with E-state index >= 15 is 0 Å². The summed E-state index contributed by atoms with van der Waals surface area (Å²) in [5.41, 5.74) is 3.07. The summed E-state index contributed by atoms with van der Waals surface area (Å²) in [6, 6.07) is 15.4. The third-order valence-corrected chi connectivity index (χ3v) is 11.3. The molecule has 67 heavy (non-hydrogen) atoms. The molecule has 3 saturated heterocycles. The number of rotatable bonds is 13. The van der Waals surface area contributed by atoms with Crippen LogP contribution < -0.4 is 30.3 Å². The summed E-state index contributed by atoms with van der Waals surface area (Å²) in [5, 5.41) is 32.4. The zero-order valence-corrected chi connectivity index (χ0v) is 37.7. The van der Waals surface area contributed by atoms with E-state index in [-0.39, 0.29) is 41.1 Å². The first-order valence-corrected chi connectivity index (χ1v) is 21.9. The molecule has 3 aliphatic rings. The van der Waals surface area contributed by atoms with Gasteiger partial charge in [0.15, 0.2) is 0 Å². The van der Waals surface area contributed by atoms with E-state index in [9.17, 15) is 28.7 Å². The van der Waals surface area contributed by atoms with Crippen LogP contribution in [-0.2, 0) is 19.1 Å². The Morgan fingerprint density at radius 1 is 0.836 bits per heavy atom. The number of hydrogen-bond donors (Lipinski definition) is 4. The molecule has 17 nitrogen and oxygen atoms in total. The molecule has 3 fully saturated rings. The minimum Gasteiger partial charge on any atom is -0.633 e. The number of carbonyl (C=O) groups is 2. The Balaban J connectivity index is 0.000000182. The van der Waals surface area contributed by atoms with E-state index < -0.39 is 28.4 Å². The van der Waals surface area contributed by atoms with Crippen LogP contribution in [0.1, 0.15) is 25.7 Å². The van der Waals surface area contributed by atoms with Gasteiger partial charge < -0.3 is 49.9 Å². The van der Waals surface area contributed by atoms with Gasteiger partial charge in [0.1, 0.15) is 65.9 Å². The molecule has 9 rings (SSSR count). The number of benzene rings is 4. The fraction of sp³-hybridized carbons (Fsp3) is 0.304. The third-order valence-electron chi connectivity index (χ3n) is 10.7. The van der Waals surface area contributed by atoms with Gasteiger partial charge in [0.25, 0.3) is 0 Å². The van der Waals surface area contributed by atoms with E-state index in [1.165, 1.54) is 74.1 Å². The zero-order valence-electron chi connectivity index (χ0n) is 36.2. The average molecular weight is 961 g/mol. The summed E-state index contributed by atoms with van der Waals surface area (Å²) in [7, 11) is 2.98. The number of carbonyl (C=O) groups excluding carboxylic acids is 2. The molecule has 2 amide bonds. The second kappa shape index (κ2) is 20.7. The molecule has 4 aromatic carbocycles. The second-order valence-corrected chi connectivity index (χ2v) is 17.1. The van der Waals surface area contributed by atoms with Gasteiger partial charge in [-0.15, -0.1) is 0 Å². The lowest BCUT2D eigenvalue weighted by Crippen LogP contribution is -2.33. The summed E-state index contributed by atoms with van der Waals surface area (Å²) in [6.45, 7) is 2.26. The van der Waals surface area contributed by atoms with Gasteiger partial charge in [-0.05, 0) is 54.6 Å². The fourth-order valence-electron chi connectivity index (χ4n) is 7.38. The molecule has 2 aromatic heterocycles. The largest absolute Gasteiger partial charge is 0.633 e. The van der Waals surface area contributed by atoms with Crippen LogP contribution in [0.4, 0.5) is 43.2 Å². The van der Waals surface area contributed by atoms with Crippen LogP contribution in [0, 0.1) is 16.8 Å². The van der Waals surface area contributed by atoms with Crippen LogP contribution >= 0.6 is 23.2 Å². The van der Waals surface area contributed by atoms with Gasteiger partial charge in [-0.25, -0.2) is 28.7 Å². The number of likely N-dealkylation sites (N-methyl/N-ethyl adjacent to an activating group) is 1. The number of hydrogen-bond acceptors (Lipinski definition) is 14. The lowest BCUT2D eigenvalue weighted by atomic mass is 10.1. The minimum atomic E-state index is -0.945. The van der Waals surface area contributed by atoms with Crippen molar-refractivity contribution < 1.29 is 47.1 Å².